The number of benzene rings is 2. The predicted molar refractivity (Wildman–Crippen MR) is 117 cm³/mol. The van der Waals surface area contributed by atoms with E-state index in [0.717, 1.165) is 12.0 Å². The van der Waals surface area contributed by atoms with Crippen molar-refractivity contribution in [3.63, 3.8) is 0 Å². The largest absolute Gasteiger partial charge is 0.366 e. The maximum Gasteiger partial charge on any atom is 0.248 e. The Morgan fingerprint density at radius 1 is 1.22 bits per heavy atom. The van der Waals surface area contributed by atoms with Crippen LogP contribution in [0.1, 0.15) is 29.3 Å². The number of hydrogen-bond acceptors (Lipinski definition) is 4. The van der Waals surface area contributed by atoms with E-state index in [1.165, 1.54) is 6.07 Å². The second-order valence-electron chi connectivity index (χ2n) is 9.31. The van der Waals surface area contributed by atoms with Gasteiger partial charge in [-0.15, -0.1) is 0 Å². The number of nitrogens with two attached hydrogens (primary N) is 1. The molecule has 2 aromatic carbocycles. The lowest BCUT2D eigenvalue weighted by atomic mass is 9.94. The molecule has 32 heavy (non-hydrogen) atoms. The molecule has 2 amide bonds. The highest BCUT2D eigenvalue weighted by Gasteiger charge is 2.67. The number of amides is 2. The van der Waals surface area contributed by atoms with Gasteiger partial charge in [-0.1, -0.05) is 31.2 Å². The first kappa shape index (κ1) is 20.7. The number of carbonyl (C=O) groups is 2. The average Bonchev–Trinajstić information content (AvgIpc) is 3.13. The van der Waals surface area contributed by atoms with Crippen LogP contribution in [0.5, 0.6) is 0 Å². The lowest BCUT2D eigenvalue weighted by molar-refractivity contribution is -0.124. The van der Waals surface area contributed by atoms with Crippen LogP contribution in [0.2, 0.25) is 0 Å². The number of halogens is 1. The van der Waals surface area contributed by atoms with Gasteiger partial charge in [0.1, 0.15) is 11.9 Å². The summed E-state index contributed by atoms with van der Waals surface area (Å²) in [7, 11) is 0. The average molecular weight is 432 g/mol. The molecule has 5 rings (SSSR count). The lowest BCUT2D eigenvalue weighted by Gasteiger charge is -2.23. The summed E-state index contributed by atoms with van der Waals surface area (Å²) in [6.45, 7) is 2.24. The Kier molecular flexibility index (Phi) is 4.98. The van der Waals surface area contributed by atoms with Crippen LogP contribution in [0.15, 0.2) is 42.5 Å². The van der Waals surface area contributed by atoms with Crippen molar-refractivity contribution in [2.24, 2.45) is 29.4 Å². The van der Waals surface area contributed by atoms with Crippen molar-refractivity contribution in [2.45, 2.75) is 37.9 Å². The fourth-order valence-corrected chi connectivity index (χ4v) is 5.93. The third-order valence-corrected chi connectivity index (χ3v) is 7.56. The van der Waals surface area contributed by atoms with Crippen molar-refractivity contribution in [1.82, 2.24) is 10.6 Å². The van der Waals surface area contributed by atoms with E-state index < -0.39 is 17.8 Å². The summed E-state index contributed by atoms with van der Waals surface area (Å²) in [6, 6.07) is 12.9. The highest BCUT2D eigenvalue weighted by Crippen LogP contribution is 2.64. The van der Waals surface area contributed by atoms with Crippen LogP contribution in [0.3, 0.4) is 0 Å². The van der Waals surface area contributed by atoms with E-state index in [1.807, 2.05) is 0 Å². The molecule has 6 nitrogen and oxygen atoms in total. The first-order chi connectivity index (χ1) is 15.4. The fourth-order valence-electron chi connectivity index (χ4n) is 5.93. The number of piperidine rings is 1. The van der Waals surface area contributed by atoms with Crippen molar-refractivity contribution < 1.29 is 14.0 Å². The molecule has 7 atom stereocenters. The number of rotatable bonds is 6. The van der Waals surface area contributed by atoms with Gasteiger partial charge in [-0.2, -0.15) is 5.26 Å². The van der Waals surface area contributed by atoms with Crippen LogP contribution < -0.4 is 16.4 Å². The zero-order valence-electron chi connectivity index (χ0n) is 17.7. The van der Waals surface area contributed by atoms with Crippen LogP contribution in [0.4, 0.5) is 4.39 Å². The Morgan fingerprint density at radius 3 is 2.56 bits per heavy atom. The van der Waals surface area contributed by atoms with Gasteiger partial charge in [0, 0.05) is 18.0 Å². The molecule has 0 aromatic heterocycles. The summed E-state index contributed by atoms with van der Waals surface area (Å²) in [6.07, 6.45) is 1.13. The van der Waals surface area contributed by atoms with Crippen LogP contribution >= 0.6 is 0 Å². The van der Waals surface area contributed by atoms with E-state index in [-0.39, 0.29) is 18.4 Å². The monoisotopic (exact) mass is 432 g/mol. The topological polar surface area (TPSA) is 108 Å². The Labute approximate surface area is 186 Å². The second-order valence-corrected chi connectivity index (χ2v) is 9.31. The molecule has 7 heteroatoms. The van der Waals surface area contributed by atoms with Crippen molar-refractivity contribution in [1.29, 1.82) is 5.26 Å². The Bertz CT molecular complexity index is 1120. The number of nitrogens with one attached hydrogen (secondary N) is 2. The third kappa shape index (κ3) is 3.45. The van der Waals surface area contributed by atoms with E-state index in [4.69, 9.17) is 5.73 Å². The molecule has 0 radical (unpaired) electrons. The molecule has 3 aliphatic rings. The highest BCUT2D eigenvalue weighted by atomic mass is 19.1. The molecule has 2 bridgehead atoms. The predicted octanol–water partition coefficient (Wildman–Crippen LogP) is 2.38. The number of nitrogens with zero attached hydrogens (tertiary/aromatic N) is 1. The molecule has 2 aliphatic carbocycles. The minimum absolute atomic E-state index is 0.0955. The first-order valence-corrected chi connectivity index (χ1v) is 11.0. The van der Waals surface area contributed by atoms with Crippen molar-refractivity contribution in [3.05, 3.63) is 59.4 Å². The van der Waals surface area contributed by atoms with Gasteiger partial charge in [0.05, 0.1) is 12.1 Å². The molecule has 4 N–H and O–H groups in total. The maximum absolute atomic E-state index is 14.8. The lowest BCUT2D eigenvalue weighted by Crippen LogP contribution is -2.51. The zero-order chi connectivity index (χ0) is 22.6. The van der Waals surface area contributed by atoms with Gasteiger partial charge in [-0.3, -0.25) is 9.59 Å². The summed E-state index contributed by atoms with van der Waals surface area (Å²) in [5, 5.41) is 15.8. The third-order valence-electron chi connectivity index (χ3n) is 7.56. The molecule has 2 saturated carbocycles. The molecule has 1 saturated heterocycles. The van der Waals surface area contributed by atoms with Gasteiger partial charge in [-0.05, 0) is 65.0 Å². The molecule has 0 spiro atoms. The Morgan fingerprint density at radius 2 is 1.94 bits per heavy atom. The zero-order valence-corrected chi connectivity index (χ0v) is 17.7. The number of carbonyl (C=O) groups excluding carboxylic acids is 2. The number of nitriles is 1. The standard InChI is InChI=1S/C25H25FN4O2/c1-12-21-18-10-20(22(12)21)30-23(18)25(32)29-17(11-27)8-16-7-6-15(9-19(16)26)13-2-4-14(5-3-13)24(28)31/h2-7,9,12,17-18,20-23,30H,8,10H2,1H3,(H2,28,31)(H,29,32)/t12?,17-,18+,20-,21?,22?,23-/m0/s1. The molecule has 1 heterocycles. The maximum atomic E-state index is 14.8. The van der Waals surface area contributed by atoms with Gasteiger partial charge in [0.25, 0.3) is 0 Å². The number of hydrogen-bond donors (Lipinski definition) is 3. The van der Waals surface area contributed by atoms with Crippen molar-refractivity contribution in [2.75, 3.05) is 0 Å². The van der Waals surface area contributed by atoms with Crippen LogP contribution in [0.25, 0.3) is 11.1 Å². The quantitative estimate of drug-likeness (QED) is 0.651. The van der Waals surface area contributed by atoms with Gasteiger partial charge in [0.2, 0.25) is 11.8 Å². The van der Waals surface area contributed by atoms with Crippen LogP contribution in [-0.4, -0.2) is 29.9 Å². The summed E-state index contributed by atoms with van der Waals surface area (Å²) in [5.74, 6) is 1.23. The molecule has 3 unspecified atom stereocenters. The van der Waals surface area contributed by atoms with Gasteiger partial charge < -0.3 is 16.4 Å². The van der Waals surface area contributed by atoms with E-state index in [9.17, 15) is 19.2 Å². The highest BCUT2D eigenvalue weighted by molar-refractivity contribution is 5.93. The molecular weight excluding hydrogens is 407 g/mol. The molecule has 3 fully saturated rings. The minimum atomic E-state index is -0.800. The van der Waals surface area contributed by atoms with E-state index in [1.54, 1.807) is 36.4 Å². The van der Waals surface area contributed by atoms with Gasteiger partial charge in [0.15, 0.2) is 0 Å². The Balaban J connectivity index is 1.24. The summed E-state index contributed by atoms with van der Waals surface area (Å²) in [5.41, 5.74) is 7.41. The van der Waals surface area contributed by atoms with Gasteiger partial charge in [-0.25, -0.2) is 4.39 Å². The normalized spacial score (nSPS) is 30.3. The van der Waals surface area contributed by atoms with E-state index in [2.05, 4.69) is 23.6 Å². The minimum Gasteiger partial charge on any atom is -0.366 e. The van der Waals surface area contributed by atoms with Gasteiger partial charge >= 0.3 is 0 Å². The number of fused-ring (bicyclic) bond motifs is 5. The molecule has 2 aromatic rings. The van der Waals surface area contributed by atoms with E-state index in [0.29, 0.717) is 46.4 Å². The SMILES string of the molecule is CC1C2C1[C@H]1C[C@@H]2N[C@@H]1C(=O)N[C@H](C#N)Cc1ccc(-c2ccc(C(N)=O)cc2)cc1F. The van der Waals surface area contributed by atoms with Crippen LogP contribution in [0, 0.1) is 40.8 Å². The molecule has 1 aliphatic heterocycles. The Hall–Kier alpha value is -3.24. The van der Waals surface area contributed by atoms with E-state index >= 15 is 0 Å². The summed E-state index contributed by atoms with van der Waals surface area (Å²) in [4.78, 5) is 24.0. The fraction of sp³-hybridized carbons (Fsp3) is 0.400. The summed E-state index contributed by atoms with van der Waals surface area (Å²) < 4.78 is 14.8. The second kappa shape index (κ2) is 7.72. The van der Waals surface area contributed by atoms with Crippen LogP contribution in [-0.2, 0) is 11.2 Å². The van der Waals surface area contributed by atoms with Crippen molar-refractivity contribution >= 4 is 11.8 Å². The molecule has 164 valence electrons. The molecular formula is C25H25FN4O2. The smallest absolute Gasteiger partial charge is 0.248 e. The summed E-state index contributed by atoms with van der Waals surface area (Å²) >= 11 is 0. The number of primary amides is 1. The van der Waals surface area contributed by atoms with Crippen molar-refractivity contribution in [3.8, 4) is 17.2 Å². The first-order valence-electron chi connectivity index (χ1n) is 11.0.